The molecule has 1 aliphatic rings. The fraction of sp³-hybridized carbons (Fsp3) is 0.538. The Morgan fingerprint density at radius 3 is 3.06 bits per heavy atom. The molecular weight excluding hydrogens is 202 g/mol. The van der Waals surface area contributed by atoms with Crippen molar-refractivity contribution in [3.8, 4) is 5.75 Å². The van der Waals surface area contributed by atoms with Crippen LogP contribution in [0.25, 0.3) is 0 Å². The molecule has 0 aromatic heterocycles. The molecule has 1 saturated heterocycles. The van der Waals surface area contributed by atoms with Crippen LogP contribution < -0.4 is 10.1 Å². The second-order valence-corrected chi connectivity index (χ2v) is 3.97. The minimum Gasteiger partial charge on any atom is -0.489 e. The third-order valence-corrected chi connectivity index (χ3v) is 2.70. The van der Waals surface area contributed by atoms with Gasteiger partial charge in [0.1, 0.15) is 12.4 Å². The molecule has 0 radical (unpaired) electrons. The monoisotopic (exact) mass is 221 g/mol. The Balaban J connectivity index is 1.91. The molecule has 0 bridgehead atoms. The molecule has 1 aromatic rings. The quantitative estimate of drug-likeness (QED) is 0.829. The van der Waals surface area contributed by atoms with Crippen molar-refractivity contribution in [2.24, 2.45) is 0 Å². The summed E-state index contributed by atoms with van der Waals surface area (Å²) in [5.74, 6) is 0.917. The van der Waals surface area contributed by atoms with Gasteiger partial charge in [0.2, 0.25) is 0 Å². The molecule has 1 aliphatic heterocycles. The Hall–Kier alpha value is -1.22. The first-order valence-corrected chi connectivity index (χ1v) is 5.97. The van der Waals surface area contributed by atoms with E-state index in [1.54, 1.807) is 0 Å². The average molecular weight is 221 g/mol. The largest absolute Gasteiger partial charge is 0.489 e. The summed E-state index contributed by atoms with van der Waals surface area (Å²) in [7, 11) is 0. The van der Waals surface area contributed by atoms with E-state index in [-0.39, 0.29) is 6.10 Å². The van der Waals surface area contributed by atoms with E-state index < -0.39 is 0 Å². The zero-order valence-electron chi connectivity index (χ0n) is 9.74. The van der Waals surface area contributed by atoms with Gasteiger partial charge in [0, 0.05) is 13.2 Å². The van der Waals surface area contributed by atoms with E-state index in [0.717, 1.165) is 37.4 Å². The van der Waals surface area contributed by atoms with Crippen LogP contribution in [0.3, 0.4) is 0 Å². The third-order valence-electron chi connectivity index (χ3n) is 2.70. The summed E-state index contributed by atoms with van der Waals surface area (Å²) in [6.07, 6.45) is 2.54. The molecule has 0 amide bonds. The Kier molecular flexibility index (Phi) is 4.05. The highest BCUT2D eigenvalue weighted by molar-refractivity contribution is 5.56. The molecule has 1 unspecified atom stereocenters. The van der Waals surface area contributed by atoms with Crippen LogP contribution in [-0.4, -0.2) is 25.9 Å². The number of anilines is 1. The molecule has 2 rings (SSSR count). The summed E-state index contributed by atoms with van der Waals surface area (Å²) >= 11 is 0. The Bertz CT molecular complexity index is 321. The van der Waals surface area contributed by atoms with Crippen molar-refractivity contribution in [1.29, 1.82) is 0 Å². The van der Waals surface area contributed by atoms with E-state index in [2.05, 4.69) is 12.2 Å². The summed E-state index contributed by atoms with van der Waals surface area (Å²) in [4.78, 5) is 0. The van der Waals surface area contributed by atoms with E-state index in [0.29, 0.717) is 6.61 Å². The van der Waals surface area contributed by atoms with Gasteiger partial charge in [-0.25, -0.2) is 0 Å². The lowest BCUT2D eigenvalue weighted by atomic mass is 10.2. The third kappa shape index (κ3) is 2.89. The van der Waals surface area contributed by atoms with Crippen molar-refractivity contribution in [2.45, 2.75) is 25.9 Å². The first-order valence-electron chi connectivity index (χ1n) is 5.97. The second-order valence-electron chi connectivity index (χ2n) is 3.97. The highest BCUT2D eigenvalue weighted by Crippen LogP contribution is 2.24. The van der Waals surface area contributed by atoms with Crippen molar-refractivity contribution in [3.05, 3.63) is 24.3 Å². The van der Waals surface area contributed by atoms with Gasteiger partial charge in [-0.05, 0) is 31.9 Å². The average Bonchev–Trinajstić information content (AvgIpc) is 2.81. The maximum absolute atomic E-state index is 5.79. The van der Waals surface area contributed by atoms with Crippen LogP contribution in [0.4, 0.5) is 5.69 Å². The number of hydrogen-bond donors (Lipinski definition) is 1. The molecule has 0 saturated carbocycles. The molecule has 0 spiro atoms. The minimum absolute atomic E-state index is 0.273. The molecule has 1 heterocycles. The first kappa shape index (κ1) is 11.3. The number of nitrogens with one attached hydrogen (secondary N) is 1. The zero-order valence-corrected chi connectivity index (χ0v) is 9.74. The Morgan fingerprint density at radius 1 is 1.44 bits per heavy atom. The molecule has 1 N–H and O–H groups in total. The minimum atomic E-state index is 0.273. The van der Waals surface area contributed by atoms with Crippen LogP contribution >= 0.6 is 0 Å². The van der Waals surface area contributed by atoms with Crippen molar-refractivity contribution >= 4 is 5.69 Å². The lowest BCUT2D eigenvalue weighted by Gasteiger charge is -2.14. The van der Waals surface area contributed by atoms with Crippen molar-refractivity contribution in [2.75, 3.05) is 25.1 Å². The van der Waals surface area contributed by atoms with Gasteiger partial charge < -0.3 is 14.8 Å². The van der Waals surface area contributed by atoms with Gasteiger partial charge in [-0.1, -0.05) is 12.1 Å². The SMILES string of the molecule is CCNc1ccccc1OCC1CCCO1. The standard InChI is InChI=1S/C13H19NO2/c1-2-14-12-7-3-4-8-13(12)16-10-11-6-5-9-15-11/h3-4,7-8,11,14H,2,5-6,9-10H2,1H3. The fourth-order valence-electron chi connectivity index (χ4n) is 1.89. The molecule has 3 nitrogen and oxygen atoms in total. The second kappa shape index (κ2) is 5.75. The number of ether oxygens (including phenoxy) is 2. The maximum atomic E-state index is 5.79. The van der Waals surface area contributed by atoms with Crippen molar-refractivity contribution in [3.63, 3.8) is 0 Å². The Morgan fingerprint density at radius 2 is 2.31 bits per heavy atom. The number of hydrogen-bond acceptors (Lipinski definition) is 3. The van der Waals surface area contributed by atoms with Crippen molar-refractivity contribution in [1.82, 2.24) is 0 Å². The maximum Gasteiger partial charge on any atom is 0.142 e. The van der Waals surface area contributed by atoms with Crippen molar-refractivity contribution < 1.29 is 9.47 Å². The molecule has 16 heavy (non-hydrogen) atoms. The van der Waals surface area contributed by atoms with E-state index in [4.69, 9.17) is 9.47 Å². The van der Waals surface area contributed by atoms with Gasteiger partial charge >= 0.3 is 0 Å². The number of rotatable bonds is 5. The zero-order chi connectivity index (χ0) is 11.2. The Labute approximate surface area is 96.8 Å². The summed E-state index contributed by atoms with van der Waals surface area (Å²) < 4.78 is 11.3. The van der Waals surface area contributed by atoms with Gasteiger partial charge in [-0.2, -0.15) is 0 Å². The van der Waals surface area contributed by atoms with Gasteiger partial charge in [-0.3, -0.25) is 0 Å². The van der Waals surface area contributed by atoms with E-state index in [1.165, 1.54) is 0 Å². The van der Waals surface area contributed by atoms with E-state index in [1.807, 2.05) is 24.3 Å². The summed E-state index contributed by atoms with van der Waals surface area (Å²) in [5, 5.41) is 3.29. The lowest BCUT2D eigenvalue weighted by molar-refractivity contribution is 0.0682. The number of para-hydroxylation sites is 2. The number of benzene rings is 1. The summed E-state index contributed by atoms with van der Waals surface area (Å²) in [5.41, 5.74) is 1.06. The van der Waals surface area contributed by atoms with Gasteiger partial charge in [0.25, 0.3) is 0 Å². The topological polar surface area (TPSA) is 30.5 Å². The van der Waals surface area contributed by atoms with Gasteiger partial charge in [-0.15, -0.1) is 0 Å². The van der Waals surface area contributed by atoms with Crippen LogP contribution in [0, 0.1) is 0 Å². The van der Waals surface area contributed by atoms with Crippen LogP contribution in [0.1, 0.15) is 19.8 Å². The highest BCUT2D eigenvalue weighted by Gasteiger charge is 2.16. The normalized spacial score (nSPS) is 19.7. The molecular formula is C13H19NO2. The van der Waals surface area contributed by atoms with Gasteiger partial charge in [0.15, 0.2) is 0 Å². The van der Waals surface area contributed by atoms with Crippen LogP contribution in [0.15, 0.2) is 24.3 Å². The molecule has 1 aromatic carbocycles. The van der Waals surface area contributed by atoms with E-state index >= 15 is 0 Å². The highest BCUT2D eigenvalue weighted by atomic mass is 16.5. The van der Waals surface area contributed by atoms with Crippen LogP contribution in [0.5, 0.6) is 5.75 Å². The van der Waals surface area contributed by atoms with E-state index in [9.17, 15) is 0 Å². The summed E-state index contributed by atoms with van der Waals surface area (Å²) in [6, 6.07) is 8.03. The van der Waals surface area contributed by atoms with Gasteiger partial charge in [0.05, 0.1) is 11.8 Å². The molecule has 1 fully saturated rings. The first-order chi connectivity index (χ1) is 7.90. The molecule has 1 atom stereocenters. The van der Waals surface area contributed by atoms with Crippen LogP contribution in [0.2, 0.25) is 0 Å². The predicted octanol–water partition coefficient (Wildman–Crippen LogP) is 2.68. The lowest BCUT2D eigenvalue weighted by Crippen LogP contribution is -2.16. The smallest absolute Gasteiger partial charge is 0.142 e. The molecule has 3 heteroatoms. The summed E-state index contributed by atoms with van der Waals surface area (Å²) in [6.45, 7) is 4.52. The predicted molar refractivity (Wildman–Crippen MR) is 65.1 cm³/mol. The van der Waals surface area contributed by atoms with Crippen LogP contribution in [-0.2, 0) is 4.74 Å². The fourth-order valence-corrected chi connectivity index (χ4v) is 1.89. The molecule has 0 aliphatic carbocycles. The molecule has 88 valence electrons.